The van der Waals surface area contributed by atoms with Gasteiger partial charge in [0.05, 0.1) is 19.1 Å². The highest BCUT2D eigenvalue weighted by molar-refractivity contribution is 9.10. The van der Waals surface area contributed by atoms with Crippen molar-refractivity contribution in [2.45, 2.75) is 51.5 Å². The third-order valence-electron chi connectivity index (χ3n) is 3.05. The first-order valence-electron chi connectivity index (χ1n) is 7.62. The van der Waals surface area contributed by atoms with E-state index in [1.165, 1.54) is 12.1 Å². The van der Waals surface area contributed by atoms with Crippen molar-refractivity contribution in [3.63, 3.8) is 0 Å². The average Bonchev–Trinajstić information content (AvgIpc) is 2.45. The summed E-state index contributed by atoms with van der Waals surface area (Å²) in [6.07, 6.45) is -0.0523. The number of alkyl halides is 2. The molecule has 1 N–H and O–H groups in total. The highest BCUT2D eigenvalue weighted by Crippen LogP contribution is 2.32. The summed E-state index contributed by atoms with van der Waals surface area (Å²) in [5.74, 6) is -0.469. The van der Waals surface area contributed by atoms with Gasteiger partial charge in [-0.25, -0.2) is 0 Å². The molecule has 2 atom stereocenters. The largest absolute Gasteiger partial charge is 0.598 e. The van der Waals surface area contributed by atoms with Gasteiger partial charge in [0.25, 0.3) is 0 Å². The topological polar surface area (TPSA) is 70.6 Å². The van der Waals surface area contributed by atoms with Crippen molar-refractivity contribution < 1.29 is 27.6 Å². The summed E-state index contributed by atoms with van der Waals surface area (Å²) in [6, 6.07) is 3.67. The number of benzene rings is 1. The standard InChI is InChI=1S/C16H22BrF2NO4S/c1-5-23-14(21)9-13(20-25(22)16(2,3)4)11-7-6-10(8-12(11)17)24-15(18)19/h6-8,13,15,20H,5,9H2,1-4H3/t13-,25-/m0/s1. The summed E-state index contributed by atoms with van der Waals surface area (Å²) in [4.78, 5) is 11.9. The molecule has 25 heavy (non-hydrogen) atoms. The van der Waals surface area contributed by atoms with Crippen LogP contribution in [0.5, 0.6) is 5.75 Å². The molecule has 0 heterocycles. The zero-order valence-corrected chi connectivity index (χ0v) is 16.9. The third-order valence-corrected chi connectivity index (χ3v) is 5.35. The quantitative estimate of drug-likeness (QED) is 0.485. The molecule has 9 heteroatoms. The van der Waals surface area contributed by atoms with E-state index in [4.69, 9.17) is 4.74 Å². The van der Waals surface area contributed by atoms with Gasteiger partial charge in [-0.15, -0.1) is 4.72 Å². The Labute approximate surface area is 157 Å². The summed E-state index contributed by atoms with van der Waals surface area (Å²) in [5.41, 5.74) is 0.590. The van der Waals surface area contributed by atoms with Crippen molar-refractivity contribution in [1.82, 2.24) is 4.72 Å². The molecular weight excluding hydrogens is 420 g/mol. The Morgan fingerprint density at radius 3 is 2.52 bits per heavy atom. The zero-order valence-electron chi connectivity index (χ0n) is 14.5. The Hall–Kier alpha value is -0.900. The molecule has 1 aromatic carbocycles. The Morgan fingerprint density at radius 2 is 2.04 bits per heavy atom. The maximum Gasteiger partial charge on any atom is 0.387 e. The van der Waals surface area contributed by atoms with Crippen molar-refractivity contribution >= 4 is 33.3 Å². The Balaban J connectivity index is 3.07. The van der Waals surface area contributed by atoms with Crippen LogP contribution in [0.1, 0.15) is 45.7 Å². The number of ether oxygens (including phenoxy) is 2. The minimum absolute atomic E-state index is 0.0162. The maximum absolute atomic E-state index is 12.4. The van der Waals surface area contributed by atoms with E-state index in [2.05, 4.69) is 25.4 Å². The van der Waals surface area contributed by atoms with E-state index in [1.54, 1.807) is 33.8 Å². The van der Waals surface area contributed by atoms with E-state index in [0.29, 0.717) is 10.0 Å². The normalized spacial score (nSPS) is 14.3. The number of esters is 1. The van der Waals surface area contributed by atoms with Crippen molar-refractivity contribution in [1.29, 1.82) is 0 Å². The van der Waals surface area contributed by atoms with Gasteiger partial charge in [-0.2, -0.15) is 8.78 Å². The Bertz CT molecular complexity index is 584. The van der Waals surface area contributed by atoms with Gasteiger partial charge in [-0.1, -0.05) is 22.0 Å². The van der Waals surface area contributed by atoms with E-state index in [9.17, 15) is 18.1 Å². The summed E-state index contributed by atoms with van der Waals surface area (Å²) in [6.45, 7) is 4.39. The van der Waals surface area contributed by atoms with Crippen molar-refractivity contribution in [2.24, 2.45) is 0 Å². The fraction of sp³-hybridized carbons (Fsp3) is 0.562. The van der Waals surface area contributed by atoms with Gasteiger partial charge < -0.3 is 14.0 Å². The number of carbonyl (C=O) groups is 1. The van der Waals surface area contributed by atoms with Gasteiger partial charge in [0.15, 0.2) is 0 Å². The van der Waals surface area contributed by atoms with Crippen LogP contribution in [0.2, 0.25) is 0 Å². The molecular formula is C16H22BrF2NO4S. The minimum atomic E-state index is -2.93. The zero-order chi connectivity index (χ0) is 19.2. The molecule has 0 radical (unpaired) electrons. The molecule has 0 spiro atoms. The van der Waals surface area contributed by atoms with Crippen molar-refractivity contribution in [3.8, 4) is 5.75 Å². The molecule has 1 rings (SSSR count). The lowest BCUT2D eigenvalue weighted by Gasteiger charge is -2.28. The van der Waals surface area contributed by atoms with Crippen LogP contribution in [0.3, 0.4) is 0 Å². The van der Waals surface area contributed by atoms with Crippen LogP contribution in [0, 0.1) is 0 Å². The molecule has 0 unspecified atom stereocenters. The van der Waals surface area contributed by atoms with E-state index in [-0.39, 0.29) is 18.8 Å². The van der Waals surface area contributed by atoms with Crippen LogP contribution in [-0.2, 0) is 20.9 Å². The van der Waals surface area contributed by atoms with Gasteiger partial charge in [0.2, 0.25) is 0 Å². The molecule has 0 amide bonds. The van der Waals surface area contributed by atoms with E-state index >= 15 is 0 Å². The van der Waals surface area contributed by atoms with Gasteiger partial charge >= 0.3 is 12.6 Å². The van der Waals surface area contributed by atoms with Gasteiger partial charge in [0.1, 0.15) is 10.5 Å². The predicted octanol–water partition coefficient (Wildman–Crippen LogP) is 4.10. The number of halogens is 3. The van der Waals surface area contributed by atoms with Gasteiger partial charge in [-0.05, 0) is 45.4 Å². The predicted molar refractivity (Wildman–Crippen MR) is 95.8 cm³/mol. The monoisotopic (exact) mass is 441 g/mol. The smallest absolute Gasteiger partial charge is 0.387 e. The number of rotatable bonds is 8. The number of carbonyl (C=O) groups excluding carboxylic acids is 1. The first-order valence-corrected chi connectivity index (χ1v) is 9.56. The molecule has 0 aromatic heterocycles. The molecule has 5 nitrogen and oxygen atoms in total. The molecule has 0 bridgehead atoms. The van der Waals surface area contributed by atoms with Gasteiger partial charge in [0, 0.05) is 15.8 Å². The molecule has 0 aliphatic carbocycles. The molecule has 0 aliphatic rings. The highest BCUT2D eigenvalue weighted by atomic mass is 79.9. The summed E-state index contributed by atoms with van der Waals surface area (Å²) >= 11 is 1.85. The second-order valence-electron chi connectivity index (χ2n) is 6.12. The molecule has 142 valence electrons. The number of hydrogen-bond acceptors (Lipinski definition) is 5. The van der Waals surface area contributed by atoms with Crippen LogP contribution >= 0.6 is 15.9 Å². The second-order valence-corrected chi connectivity index (χ2v) is 8.97. The van der Waals surface area contributed by atoms with Crippen molar-refractivity contribution in [3.05, 3.63) is 28.2 Å². The SMILES string of the molecule is CCOC(=O)C[C@H](N[S@@+]([O-])C(C)(C)C)c1ccc(OC(F)F)cc1Br. The van der Waals surface area contributed by atoms with Crippen LogP contribution < -0.4 is 9.46 Å². The molecule has 0 fully saturated rings. The average molecular weight is 442 g/mol. The third kappa shape index (κ3) is 7.47. The second kappa shape index (κ2) is 9.70. The first-order chi connectivity index (χ1) is 11.5. The lowest BCUT2D eigenvalue weighted by molar-refractivity contribution is -0.143. The Morgan fingerprint density at radius 1 is 1.40 bits per heavy atom. The summed E-state index contributed by atoms with van der Waals surface area (Å²) in [7, 11) is 0. The van der Waals surface area contributed by atoms with Crippen LogP contribution in [0.15, 0.2) is 22.7 Å². The van der Waals surface area contributed by atoms with Gasteiger partial charge in [-0.3, -0.25) is 4.79 Å². The first kappa shape index (κ1) is 22.1. The fourth-order valence-electron chi connectivity index (χ4n) is 1.87. The lowest BCUT2D eigenvalue weighted by atomic mass is 10.0. The highest BCUT2D eigenvalue weighted by Gasteiger charge is 2.32. The molecule has 0 aliphatic heterocycles. The van der Waals surface area contributed by atoms with E-state index in [1.807, 2.05) is 0 Å². The fourth-order valence-corrected chi connectivity index (χ4v) is 3.33. The summed E-state index contributed by atoms with van der Waals surface area (Å²) < 4.78 is 49.2. The van der Waals surface area contributed by atoms with E-state index < -0.39 is 34.7 Å². The molecule has 0 saturated heterocycles. The lowest BCUT2D eigenvalue weighted by Crippen LogP contribution is -2.42. The van der Waals surface area contributed by atoms with Crippen molar-refractivity contribution in [2.75, 3.05) is 6.61 Å². The van der Waals surface area contributed by atoms with E-state index in [0.717, 1.165) is 0 Å². The van der Waals surface area contributed by atoms with Crippen LogP contribution in [0.25, 0.3) is 0 Å². The number of nitrogens with one attached hydrogen (secondary N) is 1. The minimum Gasteiger partial charge on any atom is -0.598 e. The van der Waals surface area contributed by atoms with Crippen LogP contribution in [0.4, 0.5) is 8.78 Å². The van der Waals surface area contributed by atoms with Crippen LogP contribution in [-0.4, -0.2) is 28.5 Å². The maximum atomic E-state index is 12.4. The summed E-state index contributed by atoms with van der Waals surface area (Å²) in [5, 5.41) is 0. The Kier molecular flexibility index (Phi) is 8.59. The molecule has 1 aromatic rings. The molecule has 0 saturated carbocycles. The number of hydrogen-bond donors (Lipinski definition) is 1.